The van der Waals surface area contributed by atoms with Gasteiger partial charge in [-0.3, -0.25) is 0 Å². The lowest BCUT2D eigenvalue weighted by molar-refractivity contribution is 0.0698. The zero-order chi connectivity index (χ0) is 14.5. The molecule has 1 aromatic heterocycles. The Kier molecular flexibility index (Phi) is 4.24. The van der Waals surface area contributed by atoms with E-state index in [0.717, 1.165) is 30.8 Å². The zero-order valence-electron chi connectivity index (χ0n) is 11.3. The van der Waals surface area contributed by atoms with Crippen LogP contribution in [-0.4, -0.2) is 27.2 Å². The van der Waals surface area contributed by atoms with Crippen molar-refractivity contribution in [2.24, 2.45) is 0 Å². The Bertz CT molecular complexity index is 593. The molecular weight excluding hydrogens is 256 g/mol. The molecule has 0 aliphatic carbocycles. The number of rotatable bonds is 6. The van der Waals surface area contributed by atoms with Gasteiger partial charge in [0.2, 0.25) is 0 Å². The van der Waals surface area contributed by atoms with Crippen molar-refractivity contribution in [1.82, 2.24) is 9.55 Å². The quantitative estimate of drug-likeness (QED) is 0.553. The van der Waals surface area contributed by atoms with E-state index in [1.807, 2.05) is 16.8 Å². The second-order valence-corrected chi connectivity index (χ2v) is 4.64. The molecule has 0 amide bonds. The number of nitrogens with one attached hydrogen (secondary N) is 1. The number of aromatic carboxylic acids is 1. The van der Waals surface area contributed by atoms with E-state index in [2.05, 4.69) is 10.3 Å². The molecular formula is C14H18N4O2. The van der Waals surface area contributed by atoms with Gasteiger partial charge in [0, 0.05) is 36.9 Å². The third kappa shape index (κ3) is 3.28. The highest BCUT2D eigenvalue weighted by Crippen LogP contribution is 2.22. The zero-order valence-corrected chi connectivity index (χ0v) is 11.3. The van der Waals surface area contributed by atoms with Crippen molar-refractivity contribution in [3.8, 4) is 0 Å². The van der Waals surface area contributed by atoms with Crippen molar-refractivity contribution in [3.63, 3.8) is 0 Å². The van der Waals surface area contributed by atoms with Gasteiger partial charge in [-0.15, -0.1) is 0 Å². The maximum absolute atomic E-state index is 11.1. The van der Waals surface area contributed by atoms with E-state index in [0.29, 0.717) is 5.69 Å². The molecule has 1 aromatic carbocycles. The number of nitrogens with zero attached hydrogens (tertiary/aromatic N) is 2. The molecule has 2 rings (SSSR count). The van der Waals surface area contributed by atoms with Crippen molar-refractivity contribution < 1.29 is 9.90 Å². The summed E-state index contributed by atoms with van der Waals surface area (Å²) in [6.07, 6.45) is 6.35. The van der Waals surface area contributed by atoms with E-state index in [9.17, 15) is 4.79 Å². The average Bonchev–Trinajstić information content (AvgIpc) is 2.91. The molecule has 0 saturated heterocycles. The van der Waals surface area contributed by atoms with Gasteiger partial charge in [0.1, 0.15) is 0 Å². The maximum atomic E-state index is 11.1. The van der Waals surface area contributed by atoms with Crippen molar-refractivity contribution in [3.05, 3.63) is 42.0 Å². The number of carboxylic acid groups (broad SMARTS) is 1. The van der Waals surface area contributed by atoms with Gasteiger partial charge >= 0.3 is 5.97 Å². The average molecular weight is 274 g/mol. The van der Waals surface area contributed by atoms with Crippen LogP contribution in [0.25, 0.3) is 0 Å². The Balaban J connectivity index is 1.94. The number of hydrogen-bond donors (Lipinski definition) is 3. The van der Waals surface area contributed by atoms with Crippen LogP contribution in [0, 0.1) is 6.92 Å². The monoisotopic (exact) mass is 274 g/mol. The van der Waals surface area contributed by atoms with Gasteiger partial charge in [0.05, 0.1) is 11.9 Å². The third-order valence-electron chi connectivity index (χ3n) is 3.10. The van der Waals surface area contributed by atoms with Crippen LogP contribution in [0.15, 0.2) is 30.9 Å². The largest absolute Gasteiger partial charge is 0.478 e. The number of benzene rings is 1. The Morgan fingerprint density at radius 3 is 2.95 bits per heavy atom. The Hall–Kier alpha value is -2.50. The van der Waals surface area contributed by atoms with Gasteiger partial charge in [-0.25, -0.2) is 9.78 Å². The first-order valence-corrected chi connectivity index (χ1v) is 6.41. The first-order valence-electron chi connectivity index (χ1n) is 6.41. The van der Waals surface area contributed by atoms with Crippen molar-refractivity contribution >= 4 is 17.3 Å². The van der Waals surface area contributed by atoms with Gasteiger partial charge in [0.25, 0.3) is 0 Å². The number of nitrogens with two attached hydrogens (primary N) is 1. The fourth-order valence-electron chi connectivity index (χ4n) is 1.99. The normalized spacial score (nSPS) is 10.4. The lowest BCUT2D eigenvalue weighted by atomic mass is 10.1. The van der Waals surface area contributed by atoms with Crippen molar-refractivity contribution in [1.29, 1.82) is 0 Å². The van der Waals surface area contributed by atoms with E-state index in [-0.39, 0.29) is 5.56 Å². The first kappa shape index (κ1) is 13.9. The molecule has 0 bridgehead atoms. The number of nitrogen functional groups attached to an aromatic ring is 1. The van der Waals surface area contributed by atoms with Gasteiger partial charge < -0.3 is 20.7 Å². The summed E-state index contributed by atoms with van der Waals surface area (Å²) in [5, 5.41) is 12.3. The highest BCUT2D eigenvalue weighted by Gasteiger charge is 2.11. The standard InChI is InChI=1S/C14H18N4O2/c1-10-7-11(8-12(13(10)15)14(19)20)17-3-2-5-18-6-4-16-9-18/h4,6-9,17H,2-3,5,15H2,1H3,(H,19,20). The summed E-state index contributed by atoms with van der Waals surface area (Å²) >= 11 is 0. The summed E-state index contributed by atoms with van der Waals surface area (Å²) in [6, 6.07) is 3.43. The van der Waals surface area contributed by atoms with E-state index in [1.54, 1.807) is 25.5 Å². The third-order valence-corrected chi connectivity index (χ3v) is 3.10. The van der Waals surface area contributed by atoms with Crippen LogP contribution in [0.4, 0.5) is 11.4 Å². The Morgan fingerprint density at radius 2 is 2.30 bits per heavy atom. The summed E-state index contributed by atoms with van der Waals surface area (Å²) in [6.45, 7) is 3.42. The molecule has 6 nitrogen and oxygen atoms in total. The van der Waals surface area contributed by atoms with Crippen LogP contribution < -0.4 is 11.1 Å². The van der Waals surface area contributed by atoms with Gasteiger partial charge in [-0.05, 0) is 31.0 Å². The molecule has 0 saturated carbocycles. The van der Waals surface area contributed by atoms with Crippen molar-refractivity contribution in [2.75, 3.05) is 17.6 Å². The van der Waals surface area contributed by atoms with Crippen LogP contribution in [0.2, 0.25) is 0 Å². The van der Waals surface area contributed by atoms with E-state index >= 15 is 0 Å². The molecule has 0 radical (unpaired) electrons. The summed E-state index contributed by atoms with van der Waals surface area (Å²) in [4.78, 5) is 15.1. The van der Waals surface area contributed by atoms with E-state index < -0.39 is 5.97 Å². The number of anilines is 2. The van der Waals surface area contributed by atoms with Crippen LogP contribution in [0.5, 0.6) is 0 Å². The van der Waals surface area contributed by atoms with Gasteiger partial charge in [-0.2, -0.15) is 0 Å². The number of aryl methyl sites for hydroxylation is 2. The fraction of sp³-hybridized carbons (Fsp3) is 0.286. The smallest absolute Gasteiger partial charge is 0.337 e. The van der Waals surface area contributed by atoms with Gasteiger partial charge in [0.15, 0.2) is 0 Å². The summed E-state index contributed by atoms with van der Waals surface area (Å²) in [7, 11) is 0. The van der Waals surface area contributed by atoms with E-state index in [4.69, 9.17) is 10.8 Å². The van der Waals surface area contributed by atoms with E-state index in [1.165, 1.54) is 0 Å². The predicted molar refractivity (Wildman–Crippen MR) is 77.9 cm³/mol. The summed E-state index contributed by atoms with van der Waals surface area (Å²) < 4.78 is 2.00. The molecule has 2 aromatic rings. The first-order chi connectivity index (χ1) is 9.58. The number of hydrogen-bond acceptors (Lipinski definition) is 4. The molecule has 0 atom stereocenters. The predicted octanol–water partition coefficient (Wildman–Crippen LogP) is 1.97. The fourth-order valence-corrected chi connectivity index (χ4v) is 1.99. The highest BCUT2D eigenvalue weighted by molar-refractivity contribution is 5.95. The van der Waals surface area contributed by atoms with Gasteiger partial charge in [-0.1, -0.05) is 0 Å². The molecule has 0 aliphatic rings. The molecule has 106 valence electrons. The summed E-state index contributed by atoms with van der Waals surface area (Å²) in [5.74, 6) is -1.01. The van der Waals surface area contributed by atoms with Crippen LogP contribution in [-0.2, 0) is 6.54 Å². The molecule has 0 fully saturated rings. The highest BCUT2D eigenvalue weighted by atomic mass is 16.4. The lowest BCUT2D eigenvalue weighted by Crippen LogP contribution is -2.09. The molecule has 0 unspecified atom stereocenters. The lowest BCUT2D eigenvalue weighted by Gasteiger charge is -2.11. The number of aromatic nitrogens is 2. The molecule has 6 heteroatoms. The molecule has 4 N–H and O–H groups in total. The minimum Gasteiger partial charge on any atom is -0.478 e. The minimum atomic E-state index is -1.01. The van der Waals surface area contributed by atoms with Crippen LogP contribution in [0.3, 0.4) is 0 Å². The molecule has 0 aliphatic heterocycles. The van der Waals surface area contributed by atoms with Crippen LogP contribution >= 0.6 is 0 Å². The molecule has 0 spiro atoms. The molecule has 20 heavy (non-hydrogen) atoms. The van der Waals surface area contributed by atoms with Crippen molar-refractivity contribution in [2.45, 2.75) is 19.9 Å². The SMILES string of the molecule is Cc1cc(NCCCn2ccnc2)cc(C(=O)O)c1N. The topological polar surface area (TPSA) is 93.2 Å². The second-order valence-electron chi connectivity index (χ2n) is 4.64. The number of carboxylic acids is 1. The number of imidazole rings is 1. The minimum absolute atomic E-state index is 0.141. The number of carbonyl (C=O) groups is 1. The second kappa shape index (κ2) is 6.10. The Morgan fingerprint density at radius 1 is 1.50 bits per heavy atom. The summed E-state index contributed by atoms with van der Waals surface area (Å²) in [5.41, 5.74) is 7.76. The Labute approximate surface area is 117 Å². The molecule has 1 heterocycles. The van der Waals surface area contributed by atoms with Crippen LogP contribution in [0.1, 0.15) is 22.3 Å². The maximum Gasteiger partial charge on any atom is 0.337 e.